The summed E-state index contributed by atoms with van der Waals surface area (Å²) in [6.07, 6.45) is -3.32. The summed E-state index contributed by atoms with van der Waals surface area (Å²) in [4.78, 5) is 6.33. The minimum absolute atomic E-state index is 0.310. The Balaban J connectivity index is 1.78. The van der Waals surface area contributed by atoms with Gasteiger partial charge in [-0.3, -0.25) is 4.40 Å². The molecule has 2 heterocycles. The predicted octanol–water partition coefficient (Wildman–Crippen LogP) is 4.36. The highest BCUT2D eigenvalue weighted by atomic mass is 35.5. The molecule has 1 atom stereocenters. The molecule has 0 spiro atoms. The molecule has 0 radical (unpaired) electrons. The van der Waals surface area contributed by atoms with Gasteiger partial charge in [0.15, 0.2) is 0 Å². The largest absolute Gasteiger partial charge is 0.428 e. The minimum atomic E-state index is -4.85. The van der Waals surface area contributed by atoms with E-state index in [1.165, 1.54) is 6.33 Å². The van der Waals surface area contributed by atoms with Crippen LogP contribution in [0.25, 0.3) is 16.7 Å². The van der Waals surface area contributed by atoms with E-state index in [1.807, 2.05) is 12.0 Å². The zero-order chi connectivity index (χ0) is 22.4. The molecule has 0 aliphatic rings. The Labute approximate surface area is 179 Å². The molecule has 0 amide bonds. The van der Waals surface area contributed by atoms with Crippen LogP contribution in [0, 0.1) is 11.8 Å². The van der Waals surface area contributed by atoms with Gasteiger partial charge >= 0.3 is 6.18 Å². The number of alkyl halides is 3. The molecule has 0 bridgehead atoms. The number of aliphatic hydroxyl groups is 1. The van der Waals surface area contributed by atoms with E-state index in [9.17, 15) is 18.3 Å². The Morgan fingerprint density at radius 2 is 1.94 bits per heavy atom. The molecule has 6 nitrogen and oxygen atoms in total. The smallest absolute Gasteiger partial charge is 0.370 e. The lowest BCUT2D eigenvalue weighted by Gasteiger charge is -2.21. The highest BCUT2D eigenvalue weighted by Crippen LogP contribution is 2.32. The Kier molecular flexibility index (Phi) is 5.00. The average Bonchev–Trinajstić information content (AvgIpc) is 3.19. The van der Waals surface area contributed by atoms with Crippen LogP contribution in [0.4, 0.5) is 24.7 Å². The molecule has 4 aromatic rings. The fourth-order valence-corrected chi connectivity index (χ4v) is 3.12. The quantitative estimate of drug-likeness (QED) is 0.464. The third-order valence-electron chi connectivity index (χ3n) is 4.75. The van der Waals surface area contributed by atoms with Gasteiger partial charge in [-0.15, -0.1) is 10.2 Å². The van der Waals surface area contributed by atoms with E-state index in [0.29, 0.717) is 34.8 Å². The van der Waals surface area contributed by atoms with E-state index in [2.05, 4.69) is 21.1 Å². The van der Waals surface area contributed by atoms with Crippen LogP contribution < -0.4 is 4.90 Å². The number of rotatable bonds is 2. The van der Waals surface area contributed by atoms with Crippen LogP contribution in [0.15, 0.2) is 48.8 Å². The predicted molar refractivity (Wildman–Crippen MR) is 111 cm³/mol. The maximum atomic E-state index is 12.9. The summed E-state index contributed by atoms with van der Waals surface area (Å²) in [6.45, 7) is 0.616. The topological polar surface area (TPSA) is 66.5 Å². The first kappa shape index (κ1) is 20.9. The van der Waals surface area contributed by atoms with Gasteiger partial charge in [-0.2, -0.15) is 18.2 Å². The zero-order valence-corrected chi connectivity index (χ0v) is 17.1. The fraction of sp³-hybridized carbons (Fsp3) is 0.190. The van der Waals surface area contributed by atoms with E-state index < -0.39 is 11.8 Å². The van der Waals surface area contributed by atoms with Gasteiger partial charge in [0.25, 0.3) is 5.78 Å². The van der Waals surface area contributed by atoms with Crippen molar-refractivity contribution in [3.05, 3.63) is 59.4 Å². The highest BCUT2D eigenvalue weighted by Gasteiger charge is 2.48. The molecule has 2 aromatic carbocycles. The Bertz CT molecular complexity index is 1350. The molecule has 1 N–H and O–H groups in total. The van der Waals surface area contributed by atoms with Crippen molar-refractivity contribution in [2.45, 2.75) is 18.7 Å². The van der Waals surface area contributed by atoms with E-state index in [4.69, 9.17) is 11.6 Å². The van der Waals surface area contributed by atoms with Crippen LogP contribution in [0.3, 0.4) is 0 Å². The van der Waals surface area contributed by atoms with Crippen LogP contribution >= 0.6 is 11.6 Å². The Morgan fingerprint density at radius 3 is 2.68 bits per heavy atom. The molecule has 0 saturated carbocycles. The van der Waals surface area contributed by atoms with Gasteiger partial charge in [0, 0.05) is 28.7 Å². The first-order chi connectivity index (χ1) is 14.6. The van der Waals surface area contributed by atoms with E-state index in [0.717, 1.165) is 10.9 Å². The molecule has 10 heteroatoms. The normalized spacial score (nSPS) is 13.6. The van der Waals surface area contributed by atoms with Gasteiger partial charge < -0.3 is 10.0 Å². The molecule has 158 valence electrons. The molecule has 1 unspecified atom stereocenters. The molecule has 0 aliphatic carbocycles. The van der Waals surface area contributed by atoms with Gasteiger partial charge in [-0.25, -0.2) is 0 Å². The van der Waals surface area contributed by atoms with Gasteiger partial charge in [-0.1, -0.05) is 29.5 Å². The van der Waals surface area contributed by atoms with Crippen molar-refractivity contribution in [1.29, 1.82) is 0 Å². The van der Waals surface area contributed by atoms with Crippen molar-refractivity contribution in [2.24, 2.45) is 0 Å². The molecular formula is C21H15ClF3N5O. The molecular weight excluding hydrogens is 431 g/mol. The van der Waals surface area contributed by atoms with Crippen molar-refractivity contribution < 1.29 is 18.3 Å². The molecule has 0 saturated heterocycles. The second-order valence-corrected chi connectivity index (χ2v) is 7.46. The Morgan fingerprint density at radius 1 is 1.16 bits per heavy atom. The number of hydrogen-bond acceptors (Lipinski definition) is 5. The lowest BCUT2D eigenvalue weighted by atomic mass is 10.1. The van der Waals surface area contributed by atoms with Gasteiger partial charge in [0.1, 0.15) is 12.1 Å². The first-order valence-corrected chi connectivity index (χ1v) is 9.40. The van der Waals surface area contributed by atoms with Crippen molar-refractivity contribution in [3.8, 4) is 11.8 Å². The number of halogens is 4. The van der Waals surface area contributed by atoms with Crippen molar-refractivity contribution in [2.75, 3.05) is 11.9 Å². The minimum Gasteiger partial charge on any atom is -0.370 e. The van der Waals surface area contributed by atoms with E-state index in [-0.39, 0.29) is 0 Å². The SMILES string of the molecule is CN(c1cccc(C#CC(C)(O)C(F)(F)F)c1)c1nc2nncn2c2cc(Cl)ccc12. The summed E-state index contributed by atoms with van der Waals surface area (Å²) in [6, 6.07) is 11.9. The maximum Gasteiger partial charge on any atom is 0.428 e. The third kappa shape index (κ3) is 3.87. The van der Waals surface area contributed by atoms with Gasteiger partial charge in [0.05, 0.1) is 5.52 Å². The van der Waals surface area contributed by atoms with Crippen molar-refractivity contribution in [1.82, 2.24) is 19.6 Å². The number of aromatic nitrogens is 4. The van der Waals surface area contributed by atoms with Crippen LogP contribution in [0.1, 0.15) is 12.5 Å². The molecule has 0 aliphatic heterocycles. The summed E-state index contributed by atoms with van der Waals surface area (Å²) in [5.74, 6) is 5.21. The standard InChI is InChI=1S/C21H15ClF3N5O/c1-20(31,21(23,24)25)9-8-13-4-3-5-15(10-13)29(2)18-16-7-6-14(22)11-17(16)30-12-26-28-19(30)27-18/h3-7,10-12,31H,1-2H3. The van der Waals surface area contributed by atoms with E-state index >= 15 is 0 Å². The lowest BCUT2D eigenvalue weighted by molar-refractivity contribution is -0.228. The molecule has 31 heavy (non-hydrogen) atoms. The summed E-state index contributed by atoms with van der Waals surface area (Å²) >= 11 is 6.16. The third-order valence-corrected chi connectivity index (χ3v) is 4.98. The lowest BCUT2D eigenvalue weighted by Crippen LogP contribution is -2.40. The number of fused-ring (bicyclic) bond motifs is 3. The summed E-state index contributed by atoms with van der Waals surface area (Å²) in [5.41, 5.74) is -1.41. The van der Waals surface area contributed by atoms with Crippen LogP contribution in [-0.2, 0) is 0 Å². The highest BCUT2D eigenvalue weighted by molar-refractivity contribution is 6.31. The fourth-order valence-electron chi connectivity index (χ4n) is 2.96. The molecule has 2 aromatic heterocycles. The monoisotopic (exact) mass is 445 g/mol. The number of benzene rings is 2. The number of anilines is 2. The second kappa shape index (κ2) is 7.41. The van der Waals surface area contributed by atoms with Crippen LogP contribution in [-0.4, -0.2) is 43.5 Å². The number of hydrogen-bond donors (Lipinski definition) is 1. The van der Waals surface area contributed by atoms with Crippen molar-refractivity contribution >= 4 is 39.8 Å². The zero-order valence-electron chi connectivity index (χ0n) is 16.3. The van der Waals surface area contributed by atoms with Gasteiger partial charge in [-0.05, 0) is 43.3 Å². The van der Waals surface area contributed by atoms with Gasteiger partial charge in [0.2, 0.25) is 5.60 Å². The average molecular weight is 446 g/mol. The first-order valence-electron chi connectivity index (χ1n) is 9.02. The molecule has 0 fully saturated rings. The summed E-state index contributed by atoms with van der Waals surface area (Å²) in [7, 11) is 1.77. The maximum absolute atomic E-state index is 12.9. The summed E-state index contributed by atoms with van der Waals surface area (Å²) < 4.78 is 40.3. The van der Waals surface area contributed by atoms with Crippen molar-refractivity contribution in [3.63, 3.8) is 0 Å². The van der Waals surface area contributed by atoms with Crippen LogP contribution in [0.2, 0.25) is 5.02 Å². The second-order valence-electron chi connectivity index (χ2n) is 7.03. The van der Waals surface area contributed by atoms with Crippen LogP contribution in [0.5, 0.6) is 0 Å². The number of nitrogens with zero attached hydrogens (tertiary/aromatic N) is 5. The van der Waals surface area contributed by atoms with E-state index in [1.54, 1.807) is 52.7 Å². The Hall–Kier alpha value is -3.35. The molecule has 4 rings (SSSR count). The summed E-state index contributed by atoms with van der Waals surface area (Å²) in [5, 5.41) is 18.8.